The summed E-state index contributed by atoms with van der Waals surface area (Å²) in [5.41, 5.74) is 2.86. The molecule has 2 radical (unpaired) electrons. The van der Waals surface area contributed by atoms with E-state index in [9.17, 15) is 0 Å². The summed E-state index contributed by atoms with van der Waals surface area (Å²) in [6, 6.07) is 9.05. The van der Waals surface area contributed by atoms with Crippen molar-refractivity contribution in [3.05, 3.63) is 47.2 Å². The molecule has 0 bridgehead atoms. The van der Waals surface area contributed by atoms with Gasteiger partial charge >= 0.3 is 0 Å². The van der Waals surface area contributed by atoms with Crippen LogP contribution in [0.4, 0.5) is 0 Å². The zero-order valence-electron chi connectivity index (χ0n) is 11.1. The van der Waals surface area contributed by atoms with E-state index in [0.717, 1.165) is 25.7 Å². The second-order valence-corrected chi connectivity index (χ2v) is 4.20. The zero-order chi connectivity index (χ0) is 12.0. The van der Waals surface area contributed by atoms with Gasteiger partial charge in [-0.25, -0.2) is 0 Å². The Bertz CT molecular complexity index is 265. The second kappa shape index (κ2) is 6.73. The molecule has 0 atom stereocenters. The Hall–Kier alpha value is -0.780. The SMILES string of the molecule is CC[C](CC)c1cccc([C](CC)CC)c1. The molecule has 1 aromatic rings. The maximum atomic E-state index is 2.37. The molecular formula is C16H24. The van der Waals surface area contributed by atoms with Crippen LogP contribution < -0.4 is 0 Å². The first-order valence-corrected chi connectivity index (χ1v) is 6.56. The lowest BCUT2D eigenvalue weighted by molar-refractivity contribution is 0.832. The molecule has 0 aliphatic carbocycles. The molecule has 0 nitrogen and oxygen atoms in total. The summed E-state index contributed by atoms with van der Waals surface area (Å²) in [6.07, 6.45) is 4.64. The standard InChI is InChI=1S/C16H24/c1-5-13(6-2)15-10-9-11-16(12-15)14(7-3)8-4/h9-12H,5-8H2,1-4H3. The Morgan fingerprint density at radius 3 is 1.44 bits per heavy atom. The molecule has 0 N–H and O–H groups in total. The lowest BCUT2D eigenvalue weighted by Crippen LogP contribution is -2.01. The molecule has 0 heterocycles. The van der Waals surface area contributed by atoms with E-state index in [1.807, 2.05) is 0 Å². The average Bonchev–Trinajstić information content (AvgIpc) is 2.33. The van der Waals surface area contributed by atoms with E-state index in [-0.39, 0.29) is 0 Å². The summed E-state index contributed by atoms with van der Waals surface area (Å²) in [7, 11) is 0. The van der Waals surface area contributed by atoms with Gasteiger partial charge in [-0.1, -0.05) is 52.0 Å². The lowest BCUT2D eigenvalue weighted by atomic mass is 9.88. The topological polar surface area (TPSA) is 0 Å². The Morgan fingerprint density at radius 1 is 0.750 bits per heavy atom. The second-order valence-electron chi connectivity index (χ2n) is 4.20. The summed E-state index contributed by atoms with van der Waals surface area (Å²) < 4.78 is 0. The highest BCUT2D eigenvalue weighted by atomic mass is 14.2. The van der Waals surface area contributed by atoms with Crippen molar-refractivity contribution >= 4 is 0 Å². The van der Waals surface area contributed by atoms with Crippen molar-refractivity contribution in [2.24, 2.45) is 0 Å². The Kier molecular flexibility index (Phi) is 5.59. The smallest absolute Gasteiger partial charge is 0.00444 e. The van der Waals surface area contributed by atoms with Crippen LogP contribution in [0.1, 0.15) is 64.5 Å². The van der Waals surface area contributed by atoms with Crippen LogP contribution in [0, 0.1) is 11.8 Å². The van der Waals surface area contributed by atoms with Crippen LogP contribution in [0.15, 0.2) is 24.3 Å². The summed E-state index contributed by atoms with van der Waals surface area (Å²) in [4.78, 5) is 0. The third-order valence-electron chi connectivity index (χ3n) is 3.39. The molecule has 88 valence electrons. The molecule has 0 aromatic heterocycles. The van der Waals surface area contributed by atoms with Gasteiger partial charge in [-0.3, -0.25) is 0 Å². The Labute approximate surface area is 101 Å². The van der Waals surface area contributed by atoms with Crippen LogP contribution in [-0.2, 0) is 0 Å². The molecule has 0 amide bonds. The minimum absolute atomic E-state index is 1.16. The minimum atomic E-state index is 1.16. The molecular weight excluding hydrogens is 192 g/mol. The molecule has 0 aliphatic heterocycles. The fourth-order valence-electron chi connectivity index (χ4n) is 2.28. The summed E-state index contributed by atoms with van der Waals surface area (Å²) in [5.74, 6) is 3.13. The number of benzene rings is 1. The predicted molar refractivity (Wildman–Crippen MR) is 72.3 cm³/mol. The fourth-order valence-corrected chi connectivity index (χ4v) is 2.28. The average molecular weight is 216 g/mol. The van der Waals surface area contributed by atoms with Crippen molar-refractivity contribution in [1.82, 2.24) is 0 Å². The molecule has 0 spiro atoms. The van der Waals surface area contributed by atoms with E-state index in [4.69, 9.17) is 0 Å². The third kappa shape index (κ3) is 3.10. The first kappa shape index (κ1) is 13.3. The molecule has 1 rings (SSSR count). The normalized spacial score (nSPS) is 11.4. The Morgan fingerprint density at radius 2 is 1.12 bits per heavy atom. The maximum Gasteiger partial charge on any atom is 0.00444 e. The van der Waals surface area contributed by atoms with Crippen molar-refractivity contribution in [3.63, 3.8) is 0 Å². The molecule has 0 fully saturated rings. The van der Waals surface area contributed by atoms with Crippen molar-refractivity contribution in [1.29, 1.82) is 0 Å². The summed E-state index contributed by atoms with van der Waals surface area (Å²) in [6.45, 7) is 8.98. The molecule has 0 aliphatic rings. The molecule has 16 heavy (non-hydrogen) atoms. The van der Waals surface area contributed by atoms with Gasteiger partial charge in [-0.05, 0) is 36.8 Å². The number of rotatable bonds is 6. The van der Waals surface area contributed by atoms with Crippen LogP contribution in [0.2, 0.25) is 0 Å². The molecule has 0 saturated carbocycles. The highest BCUT2D eigenvalue weighted by Gasteiger charge is 2.11. The van der Waals surface area contributed by atoms with Crippen molar-refractivity contribution < 1.29 is 0 Å². The molecule has 1 aromatic carbocycles. The maximum absolute atomic E-state index is 2.37. The van der Waals surface area contributed by atoms with Crippen molar-refractivity contribution in [2.45, 2.75) is 53.4 Å². The predicted octanol–water partition coefficient (Wildman–Crippen LogP) is 5.17. The van der Waals surface area contributed by atoms with Gasteiger partial charge in [-0.2, -0.15) is 0 Å². The van der Waals surface area contributed by atoms with Gasteiger partial charge in [0.2, 0.25) is 0 Å². The number of hydrogen-bond donors (Lipinski definition) is 0. The highest BCUT2D eigenvalue weighted by molar-refractivity contribution is 5.39. The molecule has 0 heteroatoms. The van der Waals surface area contributed by atoms with Crippen LogP contribution in [-0.4, -0.2) is 0 Å². The van der Waals surface area contributed by atoms with Crippen LogP contribution in [0.3, 0.4) is 0 Å². The lowest BCUT2D eigenvalue weighted by Gasteiger charge is -2.17. The van der Waals surface area contributed by atoms with Gasteiger partial charge in [0.25, 0.3) is 0 Å². The largest absolute Gasteiger partial charge is 0.0645 e. The Balaban J connectivity index is 2.93. The van der Waals surface area contributed by atoms with Crippen molar-refractivity contribution in [2.75, 3.05) is 0 Å². The van der Waals surface area contributed by atoms with E-state index in [0.29, 0.717) is 0 Å². The zero-order valence-corrected chi connectivity index (χ0v) is 11.1. The van der Waals surface area contributed by atoms with Gasteiger partial charge in [0.1, 0.15) is 0 Å². The highest BCUT2D eigenvalue weighted by Crippen LogP contribution is 2.27. The fraction of sp³-hybridized carbons (Fsp3) is 0.500. The van der Waals surface area contributed by atoms with E-state index >= 15 is 0 Å². The van der Waals surface area contributed by atoms with Gasteiger partial charge in [0, 0.05) is 11.8 Å². The van der Waals surface area contributed by atoms with E-state index < -0.39 is 0 Å². The number of hydrogen-bond acceptors (Lipinski definition) is 0. The summed E-state index contributed by atoms with van der Waals surface area (Å²) in [5, 5.41) is 0. The van der Waals surface area contributed by atoms with Crippen LogP contribution in [0.25, 0.3) is 0 Å². The van der Waals surface area contributed by atoms with Gasteiger partial charge in [0.15, 0.2) is 0 Å². The minimum Gasteiger partial charge on any atom is -0.0645 e. The quantitative estimate of drug-likeness (QED) is 0.615. The van der Waals surface area contributed by atoms with Crippen LogP contribution >= 0.6 is 0 Å². The van der Waals surface area contributed by atoms with Gasteiger partial charge in [0.05, 0.1) is 0 Å². The first-order valence-electron chi connectivity index (χ1n) is 6.56. The first-order chi connectivity index (χ1) is 7.76. The summed E-state index contributed by atoms with van der Waals surface area (Å²) >= 11 is 0. The van der Waals surface area contributed by atoms with Gasteiger partial charge in [-0.15, -0.1) is 0 Å². The molecule has 0 unspecified atom stereocenters. The van der Waals surface area contributed by atoms with Crippen LogP contribution in [0.5, 0.6) is 0 Å². The van der Waals surface area contributed by atoms with E-state index in [1.54, 1.807) is 11.8 Å². The van der Waals surface area contributed by atoms with Crippen molar-refractivity contribution in [3.8, 4) is 0 Å². The molecule has 0 saturated heterocycles. The van der Waals surface area contributed by atoms with E-state index in [1.165, 1.54) is 11.1 Å². The van der Waals surface area contributed by atoms with E-state index in [2.05, 4.69) is 52.0 Å². The monoisotopic (exact) mass is 216 g/mol. The third-order valence-corrected chi connectivity index (χ3v) is 3.39. The van der Waals surface area contributed by atoms with Gasteiger partial charge < -0.3 is 0 Å².